The van der Waals surface area contributed by atoms with Gasteiger partial charge in [-0.25, -0.2) is 0 Å². The van der Waals surface area contributed by atoms with Crippen molar-refractivity contribution in [2.24, 2.45) is 0 Å². The molecule has 0 spiro atoms. The third kappa shape index (κ3) is 4.53. The summed E-state index contributed by atoms with van der Waals surface area (Å²) in [4.78, 5) is 12.0. The molecule has 0 aliphatic carbocycles. The Morgan fingerprint density at radius 1 is 1.10 bits per heavy atom. The Bertz CT molecular complexity index is 661. The molecule has 0 aromatic heterocycles. The first-order chi connectivity index (χ1) is 9.95. The smallest absolute Gasteiger partial charge is 0.265 e. The van der Waals surface area contributed by atoms with E-state index in [1.54, 1.807) is 49.4 Å². The molecule has 0 aliphatic rings. The van der Waals surface area contributed by atoms with Crippen molar-refractivity contribution in [3.05, 3.63) is 57.5 Å². The molecule has 21 heavy (non-hydrogen) atoms. The van der Waals surface area contributed by atoms with Gasteiger partial charge in [-0.3, -0.25) is 4.79 Å². The van der Waals surface area contributed by atoms with Gasteiger partial charge in [0.05, 0.1) is 10.0 Å². The van der Waals surface area contributed by atoms with Crippen molar-refractivity contribution in [1.29, 1.82) is 0 Å². The van der Waals surface area contributed by atoms with Crippen LogP contribution >= 0.6 is 34.8 Å². The van der Waals surface area contributed by atoms with Crippen molar-refractivity contribution in [3.8, 4) is 5.75 Å². The summed E-state index contributed by atoms with van der Waals surface area (Å²) in [5.74, 6) is 0.182. The van der Waals surface area contributed by atoms with Crippen LogP contribution in [-0.2, 0) is 4.79 Å². The zero-order chi connectivity index (χ0) is 15.4. The van der Waals surface area contributed by atoms with Gasteiger partial charge in [0.1, 0.15) is 5.75 Å². The molecular formula is C15H12Cl3NO2. The molecule has 2 rings (SSSR count). The van der Waals surface area contributed by atoms with Gasteiger partial charge in [0, 0.05) is 16.8 Å². The fourth-order valence-corrected chi connectivity index (χ4v) is 2.10. The molecule has 6 heteroatoms. The fourth-order valence-electron chi connectivity index (χ4n) is 1.62. The Morgan fingerprint density at radius 3 is 2.52 bits per heavy atom. The van der Waals surface area contributed by atoms with Crippen LogP contribution in [0.1, 0.15) is 6.92 Å². The van der Waals surface area contributed by atoms with Crippen LogP contribution in [0, 0.1) is 0 Å². The van der Waals surface area contributed by atoms with Gasteiger partial charge >= 0.3 is 0 Å². The number of benzene rings is 2. The minimum absolute atomic E-state index is 0.289. The summed E-state index contributed by atoms with van der Waals surface area (Å²) in [6.07, 6.45) is -0.693. The molecule has 2 aromatic rings. The zero-order valence-electron chi connectivity index (χ0n) is 11.1. The number of hydrogen-bond acceptors (Lipinski definition) is 2. The van der Waals surface area contributed by atoms with E-state index < -0.39 is 6.10 Å². The van der Waals surface area contributed by atoms with E-state index in [9.17, 15) is 4.79 Å². The maximum absolute atomic E-state index is 12.0. The van der Waals surface area contributed by atoms with Crippen molar-refractivity contribution in [2.75, 3.05) is 5.32 Å². The van der Waals surface area contributed by atoms with Gasteiger partial charge in [0.2, 0.25) is 0 Å². The Kier molecular flexibility index (Phi) is 5.34. The van der Waals surface area contributed by atoms with Crippen molar-refractivity contribution in [3.63, 3.8) is 0 Å². The number of rotatable bonds is 4. The van der Waals surface area contributed by atoms with Gasteiger partial charge in [-0.15, -0.1) is 0 Å². The van der Waals surface area contributed by atoms with Crippen LogP contribution in [0.25, 0.3) is 0 Å². The summed E-state index contributed by atoms with van der Waals surface area (Å²) in [5.41, 5.74) is 0.608. The lowest BCUT2D eigenvalue weighted by Gasteiger charge is -2.15. The lowest BCUT2D eigenvalue weighted by atomic mass is 10.3. The lowest BCUT2D eigenvalue weighted by Crippen LogP contribution is -2.30. The van der Waals surface area contributed by atoms with Gasteiger partial charge in [0.15, 0.2) is 6.10 Å². The van der Waals surface area contributed by atoms with Crippen molar-refractivity contribution in [1.82, 2.24) is 0 Å². The highest BCUT2D eigenvalue weighted by Crippen LogP contribution is 2.27. The number of carbonyl (C=O) groups is 1. The zero-order valence-corrected chi connectivity index (χ0v) is 13.3. The highest BCUT2D eigenvalue weighted by atomic mass is 35.5. The van der Waals surface area contributed by atoms with E-state index in [-0.39, 0.29) is 5.91 Å². The molecule has 1 atom stereocenters. The number of amides is 1. The standard InChI is InChI=1S/C15H12Cl3NO2/c1-9(21-12-5-6-13(17)14(18)8-12)15(20)19-11-4-2-3-10(16)7-11/h2-9H,1H3,(H,19,20)/t9-/m0/s1. The van der Waals surface area contributed by atoms with Crippen LogP contribution in [0.15, 0.2) is 42.5 Å². The van der Waals surface area contributed by atoms with Crippen LogP contribution < -0.4 is 10.1 Å². The normalized spacial score (nSPS) is 11.8. The van der Waals surface area contributed by atoms with Gasteiger partial charge in [-0.2, -0.15) is 0 Å². The first-order valence-electron chi connectivity index (χ1n) is 6.14. The fraction of sp³-hybridized carbons (Fsp3) is 0.133. The molecule has 110 valence electrons. The number of anilines is 1. The third-order valence-corrected chi connectivity index (χ3v) is 3.64. The Hall–Kier alpha value is -1.42. The molecule has 3 nitrogen and oxygen atoms in total. The highest BCUT2D eigenvalue weighted by molar-refractivity contribution is 6.42. The average molecular weight is 345 g/mol. The summed E-state index contributed by atoms with van der Waals surface area (Å²) in [5, 5.41) is 4.07. The summed E-state index contributed by atoms with van der Waals surface area (Å²) in [6, 6.07) is 11.7. The second kappa shape index (κ2) is 7.03. The number of nitrogens with one attached hydrogen (secondary N) is 1. The molecule has 0 heterocycles. The quantitative estimate of drug-likeness (QED) is 0.842. The minimum Gasteiger partial charge on any atom is -0.481 e. The Labute approximate surface area is 137 Å². The predicted molar refractivity (Wildman–Crippen MR) is 86.6 cm³/mol. The summed E-state index contributed by atoms with van der Waals surface area (Å²) in [7, 11) is 0. The summed E-state index contributed by atoms with van der Waals surface area (Å²) in [6.45, 7) is 1.64. The Morgan fingerprint density at radius 2 is 1.86 bits per heavy atom. The molecule has 1 amide bonds. The number of halogens is 3. The maximum atomic E-state index is 12.0. The molecule has 1 N–H and O–H groups in total. The van der Waals surface area contributed by atoms with Crippen molar-refractivity contribution < 1.29 is 9.53 Å². The second-order valence-electron chi connectivity index (χ2n) is 4.34. The topological polar surface area (TPSA) is 38.3 Å². The van der Waals surface area contributed by atoms with E-state index in [4.69, 9.17) is 39.5 Å². The van der Waals surface area contributed by atoms with E-state index >= 15 is 0 Å². The third-order valence-electron chi connectivity index (χ3n) is 2.67. The minimum atomic E-state index is -0.693. The summed E-state index contributed by atoms with van der Waals surface area (Å²) < 4.78 is 5.53. The first-order valence-corrected chi connectivity index (χ1v) is 7.27. The number of ether oxygens (including phenoxy) is 1. The van der Waals surface area contributed by atoms with Gasteiger partial charge in [-0.05, 0) is 37.3 Å². The SMILES string of the molecule is C[C@H](Oc1ccc(Cl)c(Cl)c1)C(=O)Nc1cccc(Cl)c1. The monoisotopic (exact) mass is 343 g/mol. The maximum Gasteiger partial charge on any atom is 0.265 e. The first kappa shape index (κ1) is 16.0. The Balaban J connectivity index is 2.00. The van der Waals surface area contributed by atoms with Crippen molar-refractivity contribution in [2.45, 2.75) is 13.0 Å². The van der Waals surface area contributed by atoms with E-state index in [0.717, 1.165) is 0 Å². The molecule has 0 radical (unpaired) electrons. The molecule has 0 fully saturated rings. The van der Waals surface area contributed by atoms with Crippen LogP contribution in [0.4, 0.5) is 5.69 Å². The molecule has 2 aromatic carbocycles. The number of hydrogen-bond donors (Lipinski definition) is 1. The van der Waals surface area contributed by atoms with E-state index in [1.165, 1.54) is 0 Å². The van der Waals surface area contributed by atoms with Gasteiger partial charge in [-0.1, -0.05) is 40.9 Å². The highest BCUT2D eigenvalue weighted by Gasteiger charge is 2.15. The molecule has 0 saturated heterocycles. The van der Waals surface area contributed by atoms with Crippen LogP contribution in [0.2, 0.25) is 15.1 Å². The molecule has 0 saturated carbocycles. The van der Waals surface area contributed by atoms with E-state index in [0.29, 0.717) is 26.5 Å². The lowest BCUT2D eigenvalue weighted by molar-refractivity contribution is -0.122. The molecule has 0 unspecified atom stereocenters. The molecule has 0 aliphatic heterocycles. The van der Waals surface area contributed by atoms with Crippen LogP contribution in [-0.4, -0.2) is 12.0 Å². The van der Waals surface area contributed by atoms with Gasteiger partial charge in [0.25, 0.3) is 5.91 Å². The average Bonchev–Trinajstić information content (AvgIpc) is 2.43. The number of carbonyl (C=O) groups excluding carboxylic acids is 1. The van der Waals surface area contributed by atoms with Crippen molar-refractivity contribution >= 4 is 46.4 Å². The predicted octanol–water partition coefficient (Wildman–Crippen LogP) is 5.05. The second-order valence-corrected chi connectivity index (χ2v) is 5.59. The van der Waals surface area contributed by atoms with Gasteiger partial charge < -0.3 is 10.1 Å². The summed E-state index contributed by atoms with van der Waals surface area (Å²) >= 11 is 17.6. The van der Waals surface area contributed by atoms with E-state index in [1.807, 2.05) is 0 Å². The largest absolute Gasteiger partial charge is 0.481 e. The molecule has 0 bridgehead atoms. The van der Waals surface area contributed by atoms with Crippen LogP contribution in [0.3, 0.4) is 0 Å². The molecular weight excluding hydrogens is 333 g/mol. The van der Waals surface area contributed by atoms with E-state index in [2.05, 4.69) is 5.32 Å². The van der Waals surface area contributed by atoms with Crippen LogP contribution in [0.5, 0.6) is 5.75 Å².